The van der Waals surface area contributed by atoms with E-state index in [1.54, 1.807) is 4.68 Å². The van der Waals surface area contributed by atoms with Gasteiger partial charge in [0.15, 0.2) is 5.65 Å². The van der Waals surface area contributed by atoms with E-state index in [4.69, 9.17) is 9.97 Å². The van der Waals surface area contributed by atoms with Crippen molar-refractivity contribution >= 4 is 22.8 Å². The van der Waals surface area contributed by atoms with Crippen LogP contribution in [0.4, 0.5) is 5.82 Å². The number of fused-ring (bicyclic) bond motifs is 1. The fourth-order valence-corrected chi connectivity index (χ4v) is 3.50. The molecule has 0 spiro atoms. The number of aromatic nitrogens is 4. The minimum atomic E-state index is 0.0881. The second-order valence-corrected chi connectivity index (χ2v) is 7.05. The van der Waals surface area contributed by atoms with Crippen LogP contribution in [0.1, 0.15) is 24.7 Å². The van der Waals surface area contributed by atoms with E-state index in [-0.39, 0.29) is 11.9 Å². The van der Waals surface area contributed by atoms with Crippen LogP contribution >= 0.6 is 0 Å². The molecule has 4 rings (SSSR count). The standard InChI is InChI=1S/C20H24N6O/c1-14-12-21-18(27)10-11-26(14)20-16-13-22-25(2)19(16)23-17(24-20)9-8-15-6-4-3-5-7-15/h3-7,13-14H,8-12H2,1-2H3,(H,21,27)/t14-/m0/s1. The Morgan fingerprint density at radius 2 is 2.00 bits per heavy atom. The maximum atomic E-state index is 11.8. The Hall–Kier alpha value is -2.96. The lowest BCUT2D eigenvalue weighted by Crippen LogP contribution is -2.38. The Labute approximate surface area is 158 Å². The van der Waals surface area contributed by atoms with Crippen molar-refractivity contribution in [2.75, 3.05) is 18.0 Å². The lowest BCUT2D eigenvalue weighted by Gasteiger charge is -2.28. The molecule has 1 aromatic carbocycles. The maximum Gasteiger partial charge on any atom is 0.221 e. The van der Waals surface area contributed by atoms with Gasteiger partial charge in [-0.3, -0.25) is 9.48 Å². The molecule has 1 N–H and O–H groups in total. The van der Waals surface area contributed by atoms with E-state index in [0.29, 0.717) is 19.5 Å². The molecule has 1 aliphatic heterocycles. The number of hydrogen-bond donors (Lipinski definition) is 1. The Kier molecular flexibility index (Phi) is 4.75. The minimum absolute atomic E-state index is 0.0881. The number of nitrogens with one attached hydrogen (secondary N) is 1. The van der Waals surface area contributed by atoms with Crippen LogP contribution in [0, 0.1) is 0 Å². The molecule has 2 aromatic heterocycles. The van der Waals surface area contributed by atoms with Crippen LogP contribution in [0.15, 0.2) is 36.5 Å². The number of aryl methyl sites for hydroxylation is 3. The lowest BCUT2D eigenvalue weighted by molar-refractivity contribution is -0.120. The van der Waals surface area contributed by atoms with Crippen molar-refractivity contribution in [1.82, 2.24) is 25.1 Å². The highest BCUT2D eigenvalue weighted by Crippen LogP contribution is 2.26. The van der Waals surface area contributed by atoms with Gasteiger partial charge in [-0.05, 0) is 18.9 Å². The molecule has 0 radical (unpaired) electrons. The molecular weight excluding hydrogens is 340 g/mol. The third kappa shape index (κ3) is 3.63. The molecule has 3 aromatic rings. The van der Waals surface area contributed by atoms with Crippen LogP contribution in [-0.4, -0.2) is 44.8 Å². The summed E-state index contributed by atoms with van der Waals surface area (Å²) < 4.78 is 1.79. The van der Waals surface area contributed by atoms with Gasteiger partial charge in [0.1, 0.15) is 11.6 Å². The molecule has 1 fully saturated rings. The molecule has 0 unspecified atom stereocenters. The Morgan fingerprint density at radius 1 is 1.19 bits per heavy atom. The number of carbonyl (C=O) groups is 1. The van der Waals surface area contributed by atoms with Gasteiger partial charge in [0.25, 0.3) is 0 Å². The van der Waals surface area contributed by atoms with Crippen LogP contribution in [0.25, 0.3) is 11.0 Å². The van der Waals surface area contributed by atoms with Crippen molar-refractivity contribution in [2.45, 2.75) is 32.2 Å². The first-order valence-corrected chi connectivity index (χ1v) is 9.37. The van der Waals surface area contributed by atoms with Crippen molar-refractivity contribution in [2.24, 2.45) is 7.05 Å². The number of nitrogens with zero attached hydrogens (tertiary/aromatic N) is 5. The molecule has 27 heavy (non-hydrogen) atoms. The van der Waals surface area contributed by atoms with E-state index in [1.165, 1.54) is 5.56 Å². The molecule has 7 nitrogen and oxygen atoms in total. The predicted molar refractivity (Wildman–Crippen MR) is 105 cm³/mol. The van der Waals surface area contributed by atoms with Crippen molar-refractivity contribution in [1.29, 1.82) is 0 Å². The van der Waals surface area contributed by atoms with Gasteiger partial charge in [-0.1, -0.05) is 30.3 Å². The average Bonchev–Trinajstić information content (AvgIpc) is 2.97. The summed E-state index contributed by atoms with van der Waals surface area (Å²) in [6, 6.07) is 10.5. The van der Waals surface area contributed by atoms with Crippen molar-refractivity contribution in [3.05, 3.63) is 47.9 Å². The zero-order valence-electron chi connectivity index (χ0n) is 15.7. The first kappa shape index (κ1) is 17.5. The summed E-state index contributed by atoms with van der Waals surface area (Å²) in [4.78, 5) is 23.7. The van der Waals surface area contributed by atoms with Crippen LogP contribution in [0.3, 0.4) is 0 Å². The third-order valence-electron chi connectivity index (χ3n) is 5.08. The molecule has 0 bridgehead atoms. The summed E-state index contributed by atoms with van der Waals surface area (Å²) in [6.45, 7) is 3.37. The van der Waals surface area contributed by atoms with E-state index in [0.717, 1.165) is 35.5 Å². The van der Waals surface area contributed by atoms with Gasteiger partial charge in [0.05, 0.1) is 11.6 Å². The highest BCUT2D eigenvalue weighted by Gasteiger charge is 2.25. The maximum absolute atomic E-state index is 11.8. The molecule has 1 saturated heterocycles. The quantitative estimate of drug-likeness (QED) is 0.765. The first-order valence-electron chi connectivity index (χ1n) is 9.37. The van der Waals surface area contributed by atoms with Crippen LogP contribution in [0.5, 0.6) is 0 Å². The fourth-order valence-electron chi connectivity index (χ4n) is 3.50. The van der Waals surface area contributed by atoms with Crippen LogP contribution in [0.2, 0.25) is 0 Å². The van der Waals surface area contributed by atoms with E-state index >= 15 is 0 Å². The van der Waals surface area contributed by atoms with Gasteiger partial charge in [0.2, 0.25) is 5.91 Å². The van der Waals surface area contributed by atoms with Gasteiger partial charge < -0.3 is 10.2 Å². The summed E-state index contributed by atoms with van der Waals surface area (Å²) in [6.07, 6.45) is 3.94. The summed E-state index contributed by atoms with van der Waals surface area (Å²) >= 11 is 0. The Balaban J connectivity index is 1.69. The average molecular weight is 364 g/mol. The zero-order chi connectivity index (χ0) is 18.8. The molecule has 1 amide bonds. The lowest BCUT2D eigenvalue weighted by atomic mass is 10.1. The normalized spacial score (nSPS) is 17.8. The molecule has 0 aliphatic carbocycles. The van der Waals surface area contributed by atoms with Crippen LogP contribution in [-0.2, 0) is 24.7 Å². The van der Waals surface area contributed by atoms with Crippen molar-refractivity contribution < 1.29 is 4.79 Å². The molecule has 1 atom stereocenters. The topological polar surface area (TPSA) is 75.9 Å². The fraction of sp³-hybridized carbons (Fsp3) is 0.400. The van der Waals surface area contributed by atoms with E-state index in [9.17, 15) is 4.79 Å². The zero-order valence-corrected chi connectivity index (χ0v) is 15.7. The van der Waals surface area contributed by atoms with Crippen molar-refractivity contribution in [3.8, 4) is 0 Å². The molecule has 0 saturated carbocycles. The van der Waals surface area contributed by atoms with Crippen LogP contribution < -0.4 is 10.2 Å². The van der Waals surface area contributed by atoms with Gasteiger partial charge in [-0.2, -0.15) is 5.10 Å². The molecule has 1 aliphatic rings. The Bertz CT molecular complexity index is 952. The van der Waals surface area contributed by atoms with Crippen molar-refractivity contribution in [3.63, 3.8) is 0 Å². The highest BCUT2D eigenvalue weighted by atomic mass is 16.1. The number of anilines is 1. The minimum Gasteiger partial charge on any atom is -0.354 e. The van der Waals surface area contributed by atoms with Gasteiger partial charge in [-0.15, -0.1) is 0 Å². The number of rotatable bonds is 4. The van der Waals surface area contributed by atoms with E-state index in [2.05, 4.69) is 46.5 Å². The molecule has 140 valence electrons. The smallest absolute Gasteiger partial charge is 0.221 e. The van der Waals surface area contributed by atoms with E-state index in [1.807, 2.05) is 19.3 Å². The largest absolute Gasteiger partial charge is 0.354 e. The Morgan fingerprint density at radius 3 is 2.81 bits per heavy atom. The predicted octanol–water partition coefficient (Wildman–Crippen LogP) is 1.86. The number of carbonyl (C=O) groups excluding carboxylic acids is 1. The SMILES string of the molecule is C[C@H]1CNC(=O)CCN1c1nc(CCc2ccccc2)nc2c1cnn2C. The number of benzene rings is 1. The van der Waals surface area contributed by atoms with Gasteiger partial charge >= 0.3 is 0 Å². The second-order valence-electron chi connectivity index (χ2n) is 7.05. The highest BCUT2D eigenvalue weighted by molar-refractivity contribution is 5.87. The number of hydrogen-bond acceptors (Lipinski definition) is 5. The van der Waals surface area contributed by atoms with Gasteiger partial charge in [-0.25, -0.2) is 9.97 Å². The monoisotopic (exact) mass is 364 g/mol. The first-order chi connectivity index (χ1) is 13.1. The molecule has 7 heteroatoms. The third-order valence-corrected chi connectivity index (χ3v) is 5.08. The number of amides is 1. The molecular formula is C20H24N6O. The molecule has 3 heterocycles. The second kappa shape index (κ2) is 7.34. The summed E-state index contributed by atoms with van der Waals surface area (Å²) in [7, 11) is 1.90. The summed E-state index contributed by atoms with van der Waals surface area (Å²) in [5.41, 5.74) is 2.10. The summed E-state index contributed by atoms with van der Waals surface area (Å²) in [5, 5.41) is 8.28. The summed E-state index contributed by atoms with van der Waals surface area (Å²) in [5.74, 6) is 1.77. The van der Waals surface area contributed by atoms with E-state index < -0.39 is 0 Å². The van der Waals surface area contributed by atoms with Gasteiger partial charge in [0, 0.05) is 39.0 Å².